The van der Waals surface area contributed by atoms with Crippen LogP contribution in [0.3, 0.4) is 0 Å². The minimum absolute atomic E-state index is 0.339. The molecule has 0 atom stereocenters. The maximum absolute atomic E-state index is 14.4. The monoisotopic (exact) mass is 379 g/mol. The highest BCUT2D eigenvalue weighted by Gasteiger charge is 2.28. The van der Waals surface area contributed by atoms with E-state index in [1.54, 1.807) is 18.2 Å². The van der Waals surface area contributed by atoms with E-state index in [9.17, 15) is 4.39 Å². The largest absolute Gasteiger partial charge is 0.350 e. The summed E-state index contributed by atoms with van der Waals surface area (Å²) in [6.45, 7) is 5.19. The molecule has 0 saturated heterocycles. The lowest BCUT2D eigenvalue weighted by Crippen LogP contribution is -2.37. The van der Waals surface area contributed by atoms with Gasteiger partial charge in [-0.25, -0.2) is 14.4 Å². The molecule has 2 aromatic heterocycles. The summed E-state index contributed by atoms with van der Waals surface area (Å²) in [5.41, 5.74) is 4.93. The van der Waals surface area contributed by atoms with Crippen molar-refractivity contribution in [1.82, 2.24) is 24.6 Å². The number of nitrogens with zero attached hydrogens (tertiary/aromatic N) is 5. The summed E-state index contributed by atoms with van der Waals surface area (Å²) in [6, 6.07) is 6.56. The molecule has 4 rings (SSSR count). The van der Waals surface area contributed by atoms with Gasteiger partial charge >= 0.3 is 0 Å². The first-order valence-electron chi connectivity index (χ1n) is 9.14. The number of nitrogens with one attached hydrogen (secondary N) is 2. The third-order valence-electron chi connectivity index (χ3n) is 5.10. The van der Waals surface area contributed by atoms with E-state index < -0.39 is 0 Å². The smallest absolute Gasteiger partial charge is 0.156 e. The SMILES string of the molecule is Cc1nc(-c2ccccc2F)c(C(=NC=N)N2CCc3c(c(C)nn3C)C2)[nH]1. The lowest BCUT2D eigenvalue weighted by Gasteiger charge is -2.30. The molecule has 7 nitrogen and oxygen atoms in total. The number of amidine groups is 1. The van der Waals surface area contributed by atoms with E-state index in [-0.39, 0.29) is 5.82 Å². The third-order valence-corrected chi connectivity index (χ3v) is 5.10. The fourth-order valence-electron chi connectivity index (χ4n) is 3.83. The van der Waals surface area contributed by atoms with Crippen LogP contribution in [0.5, 0.6) is 0 Å². The maximum Gasteiger partial charge on any atom is 0.156 e. The highest BCUT2D eigenvalue weighted by molar-refractivity contribution is 6.05. The van der Waals surface area contributed by atoms with Crippen molar-refractivity contribution in [2.75, 3.05) is 6.54 Å². The van der Waals surface area contributed by atoms with Crippen molar-refractivity contribution in [3.8, 4) is 11.3 Å². The van der Waals surface area contributed by atoms with Gasteiger partial charge < -0.3 is 9.88 Å². The van der Waals surface area contributed by atoms with Crippen molar-refractivity contribution in [3.05, 3.63) is 58.6 Å². The first-order chi connectivity index (χ1) is 13.5. The highest BCUT2D eigenvalue weighted by atomic mass is 19.1. The minimum Gasteiger partial charge on any atom is -0.350 e. The van der Waals surface area contributed by atoms with Crippen LogP contribution >= 0.6 is 0 Å². The molecule has 144 valence electrons. The number of aryl methyl sites for hydroxylation is 3. The van der Waals surface area contributed by atoms with E-state index in [1.807, 2.05) is 25.6 Å². The zero-order valence-electron chi connectivity index (χ0n) is 16.1. The van der Waals surface area contributed by atoms with Gasteiger partial charge in [0.05, 0.1) is 5.69 Å². The predicted molar refractivity (Wildman–Crippen MR) is 106 cm³/mol. The van der Waals surface area contributed by atoms with Gasteiger partial charge in [-0.15, -0.1) is 0 Å². The normalized spacial score (nSPS) is 14.3. The van der Waals surface area contributed by atoms with Gasteiger partial charge in [-0.05, 0) is 26.0 Å². The van der Waals surface area contributed by atoms with E-state index >= 15 is 0 Å². The van der Waals surface area contributed by atoms with Gasteiger partial charge in [0, 0.05) is 43.4 Å². The summed E-state index contributed by atoms with van der Waals surface area (Å²) in [7, 11) is 1.96. The molecular weight excluding hydrogens is 357 g/mol. The molecule has 8 heteroatoms. The van der Waals surface area contributed by atoms with Crippen LogP contribution in [0.2, 0.25) is 0 Å². The maximum atomic E-state index is 14.4. The van der Waals surface area contributed by atoms with Crippen molar-refractivity contribution in [1.29, 1.82) is 5.41 Å². The number of H-pyrrole nitrogens is 1. The second-order valence-corrected chi connectivity index (χ2v) is 6.91. The number of halogens is 1. The Labute approximate surface area is 162 Å². The number of hydrogen-bond donors (Lipinski definition) is 2. The molecule has 2 N–H and O–H groups in total. The summed E-state index contributed by atoms with van der Waals surface area (Å²) >= 11 is 0. The molecule has 0 spiro atoms. The molecule has 0 aliphatic carbocycles. The van der Waals surface area contributed by atoms with Crippen molar-refractivity contribution < 1.29 is 4.39 Å². The predicted octanol–water partition coefficient (Wildman–Crippen LogP) is 2.98. The summed E-state index contributed by atoms with van der Waals surface area (Å²) in [5, 5.41) is 12.1. The summed E-state index contributed by atoms with van der Waals surface area (Å²) < 4.78 is 16.4. The Bertz CT molecular complexity index is 1080. The van der Waals surface area contributed by atoms with E-state index in [4.69, 9.17) is 5.41 Å². The molecule has 28 heavy (non-hydrogen) atoms. The molecule has 1 aliphatic rings. The average Bonchev–Trinajstić information content (AvgIpc) is 3.19. The Morgan fingerprint density at radius 3 is 2.86 bits per heavy atom. The number of hydrogen-bond acceptors (Lipinski definition) is 3. The van der Waals surface area contributed by atoms with Crippen LogP contribution < -0.4 is 0 Å². The van der Waals surface area contributed by atoms with Crippen molar-refractivity contribution in [3.63, 3.8) is 0 Å². The van der Waals surface area contributed by atoms with Crippen LogP contribution in [0.1, 0.15) is 28.5 Å². The molecule has 1 aromatic carbocycles. The zero-order chi connectivity index (χ0) is 19.8. The van der Waals surface area contributed by atoms with Gasteiger partial charge in [0.1, 0.15) is 29.4 Å². The molecule has 3 heterocycles. The number of rotatable bonds is 3. The van der Waals surface area contributed by atoms with E-state index in [2.05, 4.69) is 25.0 Å². The van der Waals surface area contributed by atoms with Gasteiger partial charge in [-0.1, -0.05) is 12.1 Å². The number of benzene rings is 1. The van der Waals surface area contributed by atoms with Gasteiger partial charge in [0.25, 0.3) is 0 Å². The Balaban J connectivity index is 1.79. The summed E-state index contributed by atoms with van der Waals surface area (Å²) in [6.07, 6.45) is 1.84. The minimum atomic E-state index is -0.339. The first kappa shape index (κ1) is 18.1. The number of fused-ring (bicyclic) bond motifs is 1. The van der Waals surface area contributed by atoms with Gasteiger partial charge in [0.2, 0.25) is 0 Å². The lowest BCUT2D eigenvalue weighted by molar-refractivity contribution is 0.387. The van der Waals surface area contributed by atoms with Crippen molar-refractivity contribution in [2.24, 2.45) is 12.0 Å². The number of aromatic nitrogens is 4. The first-order valence-corrected chi connectivity index (χ1v) is 9.14. The van der Waals surface area contributed by atoms with E-state index in [1.165, 1.54) is 17.3 Å². The Hall–Kier alpha value is -3.29. The molecule has 0 amide bonds. The van der Waals surface area contributed by atoms with Crippen LogP contribution in [-0.2, 0) is 20.0 Å². The number of aliphatic imine (C=N–C) groups is 1. The molecular formula is C20H22FN7. The topological polar surface area (TPSA) is 85.9 Å². The molecule has 0 fully saturated rings. The molecule has 0 bridgehead atoms. The molecule has 0 radical (unpaired) electrons. The standard InChI is InChI=1S/C20H22FN7/c1-12-15-10-28(9-8-17(15)27(3)26-12)20(23-11-22)19-18(24-13(2)25-19)14-6-4-5-7-16(14)21/h4-7,11,22H,8-10H2,1-3H3,(H,24,25). The van der Waals surface area contributed by atoms with Crippen LogP contribution in [-0.4, -0.2) is 43.4 Å². The summed E-state index contributed by atoms with van der Waals surface area (Å²) in [4.78, 5) is 14.1. The fourth-order valence-corrected chi connectivity index (χ4v) is 3.83. The molecule has 0 unspecified atom stereocenters. The molecule has 1 aliphatic heterocycles. The lowest BCUT2D eigenvalue weighted by atomic mass is 10.0. The second kappa shape index (κ2) is 7.03. The summed E-state index contributed by atoms with van der Waals surface area (Å²) in [5.74, 6) is 0.914. The van der Waals surface area contributed by atoms with Crippen LogP contribution in [0.15, 0.2) is 29.3 Å². The Morgan fingerprint density at radius 2 is 2.11 bits per heavy atom. The fraction of sp³-hybridized carbons (Fsp3) is 0.300. The van der Waals surface area contributed by atoms with Crippen LogP contribution in [0, 0.1) is 25.1 Å². The van der Waals surface area contributed by atoms with Gasteiger partial charge in [-0.2, -0.15) is 5.10 Å². The number of aromatic amines is 1. The second-order valence-electron chi connectivity index (χ2n) is 6.91. The highest BCUT2D eigenvalue weighted by Crippen LogP contribution is 2.28. The van der Waals surface area contributed by atoms with Crippen LogP contribution in [0.4, 0.5) is 4.39 Å². The van der Waals surface area contributed by atoms with E-state index in [0.29, 0.717) is 35.2 Å². The molecule has 0 saturated carbocycles. The average molecular weight is 379 g/mol. The van der Waals surface area contributed by atoms with Crippen molar-refractivity contribution >= 4 is 12.2 Å². The quantitative estimate of drug-likeness (QED) is 0.542. The Kier molecular flexibility index (Phi) is 4.54. The van der Waals surface area contributed by atoms with Crippen molar-refractivity contribution in [2.45, 2.75) is 26.8 Å². The number of imidazole rings is 1. The molecule has 3 aromatic rings. The van der Waals surface area contributed by atoms with Gasteiger partial charge in [-0.3, -0.25) is 10.1 Å². The van der Waals surface area contributed by atoms with Crippen LogP contribution in [0.25, 0.3) is 11.3 Å². The van der Waals surface area contributed by atoms with E-state index in [0.717, 1.165) is 25.0 Å². The van der Waals surface area contributed by atoms with Gasteiger partial charge in [0.15, 0.2) is 5.84 Å². The zero-order valence-corrected chi connectivity index (χ0v) is 16.1. The third kappa shape index (κ3) is 3.00. The Morgan fingerprint density at radius 1 is 1.32 bits per heavy atom.